The molecule has 128 valence electrons. The lowest BCUT2D eigenvalue weighted by Crippen LogP contribution is -2.21. The Hall–Kier alpha value is -2.86. The Bertz CT molecular complexity index is 848. The van der Waals surface area contributed by atoms with Crippen LogP contribution in [-0.2, 0) is 6.42 Å². The molecule has 1 atom stereocenters. The van der Waals surface area contributed by atoms with E-state index in [2.05, 4.69) is 22.4 Å². The zero-order valence-corrected chi connectivity index (χ0v) is 13.9. The van der Waals surface area contributed by atoms with Gasteiger partial charge in [0, 0.05) is 24.6 Å². The van der Waals surface area contributed by atoms with E-state index >= 15 is 0 Å². The molecule has 0 radical (unpaired) electrons. The van der Waals surface area contributed by atoms with Crippen LogP contribution in [0.15, 0.2) is 52.9 Å². The minimum Gasteiger partial charge on any atom is -0.454 e. The third-order valence-corrected chi connectivity index (χ3v) is 4.17. The molecule has 0 bridgehead atoms. The smallest absolute Gasteiger partial charge is 0.247 e. The molecule has 0 aliphatic carbocycles. The Labute approximate surface area is 145 Å². The SMILES string of the molecule is C[C@@H](NCCc1nnc(-c2ccccc2)o1)c1ccc2c(c1)OCO2. The molecule has 1 aliphatic rings. The van der Waals surface area contributed by atoms with Crippen LogP contribution in [0.1, 0.15) is 24.4 Å². The van der Waals surface area contributed by atoms with Crippen LogP contribution >= 0.6 is 0 Å². The zero-order chi connectivity index (χ0) is 17.1. The van der Waals surface area contributed by atoms with Gasteiger partial charge >= 0.3 is 0 Å². The number of nitrogens with one attached hydrogen (secondary N) is 1. The normalized spacial score (nSPS) is 13.8. The second-order valence-electron chi connectivity index (χ2n) is 5.91. The van der Waals surface area contributed by atoms with Gasteiger partial charge in [-0.3, -0.25) is 0 Å². The Morgan fingerprint density at radius 1 is 1.04 bits per heavy atom. The molecule has 0 amide bonds. The third kappa shape index (κ3) is 3.49. The number of nitrogens with zero attached hydrogens (tertiary/aromatic N) is 2. The lowest BCUT2D eigenvalue weighted by atomic mass is 10.1. The van der Waals surface area contributed by atoms with Crippen molar-refractivity contribution in [2.24, 2.45) is 0 Å². The van der Waals surface area contributed by atoms with E-state index in [1.165, 1.54) is 0 Å². The van der Waals surface area contributed by atoms with Crippen LogP contribution in [-0.4, -0.2) is 23.5 Å². The van der Waals surface area contributed by atoms with Crippen molar-refractivity contribution < 1.29 is 13.9 Å². The minimum absolute atomic E-state index is 0.186. The number of ether oxygens (including phenoxy) is 2. The molecule has 1 aliphatic heterocycles. The quantitative estimate of drug-likeness (QED) is 0.744. The first kappa shape index (κ1) is 15.7. The summed E-state index contributed by atoms with van der Waals surface area (Å²) in [6.45, 7) is 3.15. The van der Waals surface area contributed by atoms with Gasteiger partial charge in [0.15, 0.2) is 11.5 Å². The summed E-state index contributed by atoms with van der Waals surface area (Å²) in [6.07, 6.45) is 0.675. The van der Waals surface area contributed by atoms with E-state index in [1.54, 1.807) is 0 Å². The molecule has 0 unspecified atom stereocenters. The zero-order valence-electron chi connectivity index (χ0n) is 13.9. The highest BCUT2D eigenvalue weighted by Crippen LogP contribution is 2.34. The first-order chi connectivity index (χ1) is 12.3. The van der Waals surface area contributed by atoms with Crippen molar-refractivity contribution in [2.45, 2.75) is 19.4 Å². The van der Waals surface area contributed by atoms with Crippen LogP contribution in [0.2, 0.25) is 0 Å². The predicted octanol–water partition coefficient (Wildman–Crippen LogP) is 3.36. The van der Waals surface area contributed by atoms with E-state index in [0.29, 0.717) is 25.0 Å². The molecule has 2 aromatic carbocycles. The Kier molecular flexibility index (Phi) is 4.35. The lowest BCUT2D eigenvalue weighted by molar-refractivity contribution is 0.174. The first-order valence-corrected chi connectivity index (χ1v) is 8.30. The van der Waals surface area contributed by atoms with Gasteiger partial charge in [-0.15, -0.1) is 10.2 Å². The van der Waals surface area contributed by atoms with Crippen molar-refractivity contribution in [2.75, 3.05) is 13.3 Å². The molecule has 4 rings (SSSR count). The molecular weight excluding hydrogens is 318 g/mol. The van der Waals surface area contributed by atoms with Gasteiger partial charge in [0.2, 0.25) is 18.6 Å². The maximum atomic E-state index is 5.72. The van der Waals surface area contributed by atoms with Crippen LogP contribution in [0.25, 0.3) is 11.5 Å². The molecule has 6 heteroatoms. The van der Waals surface area contributed by atoms with Crippen molar-refractivity contribution in [3.05, 3.63) is 60.0 Å². The van der Waals surface area contributed by atoms with Crippen molar-refractivity contribution in [3.63, 3.8) is 0 Å². The maximum absolute atomic E-state index is 5.72. The molecule has 0 fully saturated rings. The molecule has 6 nitrogen and oxygen atoms in total. The first-order valence-electron chi connectivity index (χ1n) is 8.30. The third-order valence-electron chi connectivity index (χ3n) is 4.17. The summed E-state index contributed by atoms with van der Waals surface area (Å²) < 4.78 is 16.5. The summed E-state index contributed by atoms with van der Waals surface area (Å²) in [5.41, 5.74) is 2.09. The van der Waals surface area contributed by atoms with Crippen molar-refractivity contribution in [3.8, 4) is 23.0 Å². The summed E-state index contributed by atoms with van der Waals surface area (Å²) >= 11 is 0. The van der Waals surface area contributed by atoms with Gasteiger partial charge in [-0.25, -0.2) is 0 Å². The number of aromatic nitrogens is 2. The molecule has 25 heavy (non-hydrogen) atoms. The van der Waals surface area contributed by atoms with Gasteiger partial charge < -0.3 is 19.2 Å². The van der Waals surface area contributed by atoms with Crippen LogP contribution in [0.5, 0.6) is 11.5 Å². The monoisotopic (exact) mass is 337 g/mol. The summed E-state index contributed by atoms with van der Waals surface area (Å²) in [6, 6.07) is 16.0. The number of fused-ring (bicyclic) bond motifs is 1. The van der Waals surface area contributed by atoms with E-state index < -0.39 is 0 Å². The molecule has 2 heterocycles. The van der Waals surface area contributed by atoms with E-state index in [0.717, 1.165) is 29.2 Å². The summed E-state index contributed by atoms with van der Waals surface area (Å²) in [5, 5.41) is 11.7. The average Bonchev–Trinajstić information content (AvgIpc) is 3.31. The molecule has 1 N–H and O–H groups in total. The minimum atomic E-state index is 0.186. The summed E-state index contributed by atoms with van der Waals surface area (Å²) in [4.78, 5) is 0. The highest BCUT2D eigenvalue weighted by atomic mass is 16.7. The van der Waals surface area contributed by atoms with Gasteiger partial charge in [0.05, 0.1) is 0 Å². The van der Waals surface area contributed by atoms with Gasteiger partial charge in [0.25, 0.3) is 0 Å². The highest BCUT2D eigenvalue weighted by molar-refractivity contribution is 5.51. The fourth-order valence-corrected chi connectivity index (χ4v) is 2.75. The van der Waals surface area contributed by atoms with E-state index in [-0.39, 0.29) is 6.04 Å². The maximum Gasteiger partial charge on any atom is 0.247 e. The molecule has 3 aromatic rings. The molecule has 0 saturated heterocycles. The number of rotatable bonds is 6. The van der Waals surface area contributed by atoms with Gasteiger partial charge in [0.1, 0.15) is 0 Å². The van der Waals surface area contributed by atoms with E-state index in [4.69, 9.17) is 13.9 Å². The number of benzene rings is 2. The largest absolute Gasteiger partial charge is 0.454 e. The van der Waals surface area contributed by atoms with Gasteiger partial charge in [-0.2, -0.15) is 0 Å². The Morgan fingerprint density at radius 2 is 1.88 bits per heavy atom. The van der Waals surface area contributed by atoms with Gasteiger partial charge in [-0.05, 0) is 36.8 Å². The summed E-state index contributed by atoms with van der Waals surface area (Å²) in [7, 11) is 0. The van der Waals surface area contributed by atoms with Gasteiger partial charge in [-0.1, -0.05) is 24.3 Å². The van der Waals surface area contributed by atoms with E-state index in [1.807, 2.05) is 48.5 Å². The predicted molar refractivity (Wildman–Crippen MR) is 92.4 cm³/mol. The van der Waals surface area contributed by atoms with Crippen molar-refractivity contribution in [1.29, 1.82) is 0 Å². The molecular formula is C19H19N3O3. The highest BCUT2D eigenvalue weighted by Gasteiger charge is 2.15. The average molecular weight is 337 g/mol. The molecule has 0 saturated carbocycles. The topological polar surface area (TPSA) is 69.4 Å². The fourth-order valence-electron chi connectivity index (χ4n) is 2.75. The van der Waals surface area contributed by atoms with E-state index in [9.17, 15) is 0 Å². The van der Waals surface area contributed by atoms with Crippen LogP contribution in [0, 0.1) is 0 Å². The van der Waals surface area contributed by atoms with Crippen molar-refractivity contribution >= 4 is 0 Å². The molecule has 0 spiro atoms. The van der Waals surface area contributed by atoms with Crippen LogP contribution < -0.4 is 14.8 Å². The number of hydrogen-bond donors (Lipinski definition) is 1. The Morgan fingerprint density at radius 3 is 2.76 bits per heavy atom. The second kappa shape index (κ2) is 6.94. The Balaban J connectivity index is 1.33. The lowest BCUT2D eigenvalue weighted by Gasteiger charge is -2.14. The number of hydrogen-bond acceptors (Lipinski definition) is 6. The standard InChI is InChI=1S/C19H19N3O3/c1-13(15-7-8-16-17(11-15)24-12-23-16)20-10-9-18-21-22-19(25-18)14-5-3-2-4-6-14/h2-8,11,13,20H,9-10,12H2,1H3/t13-/m1/s1. The van der Waals surface area contributed by atoms with Crippen LogP contribution in [0.4, 0.5) is 0 Å². The fraction of sp³-hybridized carbons (Fsp3) is 0.263. The molecule has 1 aromatic heterocycles. The van der Waals surface area contributed by atoms with Crippen molar-refractivity contribution in [1.82, 2.24) is 15.5 Å². The second-order valence-corrected chi connectivity index (χ2v) is 5.91. The van der Waals surface area contributed by atoms with Crippen LogP contribution in [0.3, 0.4) is 0 Å². The summed E-state index contributed by atoms with van der Waals surface area (Å²) in [5.74, 6) is 2.79.